The molecule has 0 atom stereocenters. The third kappa shape index (κ3) is 4.81. The second kappa shape index (κ2) is 7.08. The number of hydrogen-bond acceptors (Lipinski definition) is 4. The van der Waals surface area contributed by atoms with Crippen molar-refractivity contribution >= 4 is 11.8 Å². The van der Waals surface area contributed by atoms with Gasteiger partial charge in [0.2, 0.25) is 0 Å². The van der Waals surface area contributed by atoms with Crippen molar-refractivity contribution in [2.24, 2.45) is 0 Å². The summed E-state index contributed by atoms with van der Waals surface area (Å²) in [5, 5.41) is 25.4. The van der Waals surface area contributed by atoms with Gasteiger partial charge in [0.1, 0.15) is 0 Å². The molecule has 0 rings (SSSR count). The second-order valence-electron chi connectivity index (χ2n) is 1.58. The largest absolute Gasteiger partial charge is 0.396 e. The number of hydrogen-bond donors (Lipinski definition) is 3. The van der Waals surface area contributed by atoms with Crippen molar-refractivity contribution in [2.45, 2.75) is 0 Å². The van der Waals surface area contributed by atoms with Gasteiger partial charge >= 0.3 is 0 Å². The predicted molar refractivity (Wildman–Crippen MR) is 41.8 cm³/mol. The lowest BCUT2D eigenvalue weighted by Crippen LogP contribution is -1.92. The van der Waals surface area contributed by atoms with Gasteiger partial charge in [-0.15, -0.1) is 11.8 Å². The van der Waals surface area contributed by atoms with E-state index in [9.17, 15) is 0 Å². The summed E-state index contributed by atoms with van der Waals surface area (Å²) in [5.74, 6) is 0.562. The Balaban J connectivity index is 3.49. The molecule has 0 aliphatic rings. The summed E-state index contributed by atoms with van der Waals surface area (Å²) in [4.78, 5) is 0.705. The van der Waals surface area contributed by atoms with Crippen LogP contribution in [0.5, 0.6) is 0 Å². The maximum absolute atomic E-state index is 8.60. The molecule has 0 bridgehead atoms. The van der Waals surface area contributed by atoms with E-state index in [1.807, 2.05) is 0 Å². The Bertz CT molecular complexity index is 103. The van der Waals surface area contributed by atoms with Crippen molar-refractivity contribution in [3.8, 4) is 0 Å². The first-order valence-electron chi connectivity index (χ1n) is 2.99. The molecule has 60 valence electrons. The highest BCUT2D eigenvalue weighted by Gasteiger charge is 1.93. The normalized spacial score (nSPS) is 12.1. The Hall–Kier alpha value is -0.0300. The molecule has 10 heavy (non-hydrogen) atoms. The third-order valence-corrected chi connectivity index (χ3v) is 1.91. The lowest BCUT2D eigenvalue weighted by molar-refractivity contribution is 0.320. The van der Waals surface area contributed by atoms with Crippen LogP contribution in [0.4, 0.5) is 0 Å². The molecule has 3 nitrogen and oxygen atoms in total. The first kappa shape index (κ1) is 9.97. The Labute approximate surface area is 64.4 Å². The summed E-state index contributed by atoms with van der Waals surface area (Å²) in [5.41, 5.74) is 0. The SMILES string of the molecule is OC/C=C(/CO)SCCO. The summed E-state index contributed by atoms with van der Waals surface area (Å²) in [6.45, 7) is -0.0347. The summed E-state index contributed by atoms with van der Waals surface area (Å²) in [6, 6.07) is 0. The molecule has 0 aromatic carbocycles. The Kier molecular flexibility index (Phi) is 7.06. The maximum Gasteiger partial charge on any atom is 0.0738 e. The zero-order chi connectivity index (χ0) is 7.82. The van der Waals surface area contributed by atoms with Crippen molar-refractivity contribution < 1.29 is 15.3 Å². The zero-order valence-corrected chi connectivity index (χ0v) is 6.47. The average molecular weight is 164 g/mol. The van der Waals surface area contributed by atoms with Gasteiger partial charge in [0.05, 0.1) is 19.8 Å². The number of thioether (sulfide) groups is 1. The van der Waals surface area contributed by atoms with Gasteiger partial charge in [-0.05, 0) is 6.08 Å². The van der Waals surface area contributed by atoms with E-state index in [0.29, 0.717) is 10.7 Å². The number of rotatable bonds is 5. The van der Waals surface area contributed by atoms with E-state index in [4.69, 9.17) is 15.3 Å². The fourth-order valence-corrected chi connectivity index (χ4v) is 1.08. The van der Waals surface area contributed by atoms with Crippen molar-refractivity contribution in [1.29, 1.82) is 0 Å². The van der Waals surface area contributed by atoms with Crippen LogP contribution in [-0.2, 0) is 0 Å². The lowest BCUT2D eigenvalue weighted by atomic mass is 10.5. The van der Waals surface area contributed by atoms with Crippen molar-refractivity contribution in [2.75, 3.05) is 25.6 Å². The smallest absolute Gasteiger partial charge is 0.0738 e. The second-order valence-corrected chi connectivity index (χ2v) is 2.80. The molecule has 0 aliphatic heterocycles. The third-order valence-electron chi connectivity index (χ3n) is 0.854. The van der Waals surface area contributed by atoms with Gasteiger partial charge in [-0.25, -0.2) is 0 Å². The monoisotopic (exact) mass is 164 g/mol. The van der Waals surface area contributed by atoms with Crippen molar-refractivity contribution in [1.82, 2.24) is 0 Å². The summed E-state index contributed by atoms with van der Waals surface area (Å²) in [6.07, 6.45) is 1.53. The van der Waals surface area contributed by atoms with Crippen LogP contribution in [-0.4, -0.2) is 40.9 Å². The molecule has 0 heterocycles. The van der Waals surface area contributed by atoms with Crippen LogP contribution in [0.1, 0.15) is 0 Å². The van der Waals surface area contributed by atoms with Crippen LogP contribution in [0.2, 0.25) is 0 Å². The molecule has 0 fully saturated rings. The van der Waals surface area contributed by atoms with Crippen LogP contribution in [0, 0.1) is 0 Å². The van der Waals surface area contributed by atoms with Crippen molar-refractivity contribution in [3.63, 3.8) is 0 Å². The minimum atomic E-state index is -0.0643. The van der Waals surface area contributed by atoms with Crippen LogP contribution in [0.3, 0.4) is 0 Å². The Morgan fingerprint density at radius 2 is 2.00 bits per heavy atom. The first-order chi connectivity index (χ1) is 4.85. The molecule has 0 saturated heterocycles. The highest BCUT2D eigenvalue weighted by atomic mass is 32.2. The Morgan fingerprint density at radius 1 is 1.30 bits per heavy atom. The fourth-order valence-electron chi connectivity index (χ4n) is 0.448. The molecule has 0 aromatic heterocycles. The molecular formula is C6H12O3S. The van der Waals surface area contributed by atoms with Gasteiger partial charge in [-0.3, -0.25) is 0 Å². The maximum atomic E-state index is 8.60. The minimum Gasteiger partial charge on any atom is -0.396 e. The van der Waals surface area contributed by atoms with Gasteiger partial charge in [-0.1, -0.05) is 0 Å². The van der Waals surface area contributed by atoms with E-state index >= 15 is 0 Å². The Morgan fingerprint density at radius 3 is 2.40 bits per heavy atom. The lowest BCUT2D eigenvalue weighted by Gasteiger charge is -1.99. The van der Waals surface area contributed by atoms with E-state index in [-0.39, 0.29) is 19.8 Å². The molecule has 0 aliphatic carbocycles. The molecule has 4 heteroatoms. The molecule has 0 saturated carbocycles. The van der Waals surface area contributed by atoms with E-state index in [0.717, 1.165) is 0 Å². The van der Waals surface area contributed by atoms with Crippen molar-refractivity contribution in [3.05, 3.63) is 11.0 Å². The number of aliphatic hydroxyl groups excluding tert-OH is 3. The standard InChI is InChI=1S/C6H12O3S/c7-2-1-6(5-9)10-4-3-8/h1,7-9H,2-5H2/b6-1-. The van der Waals surface area contributed by atoms with Gasteiger partial charge in [0.25, 0.3) is 0 Å². The highest BCUT2D eigenvalue weighted by Crippen LogP contribution is 2.12. The van der Waals surface area contributed by atoms with Crippen LogP contribution >= 0.6 is 11.8 Å². The van der Waals surface area contributed by atoms with E-state index in [1.54, 1.807) is 0 Å². The van der Waals surface area contributed by atoms with Gasteiger partial charge in [-0.2, -0.15) is 0 Å². The summed E-state index contributed by atoms with van der Waals surface area (Å²) >= 11 is 1.35. The molecule has 0 spiro atoms. The van der Waals surface area contributed by atoms with E-state index in [2.05, 4.69) is 0 Å². The molecule has 0 radical (unpaired) electrons. The minimum absolute atomic E-state index is 0.0612. The van der Waals surface area contributed by atoms with Gasteiger partial charge < -0.3 is 15.3 Å². The molecule has 0 unspecified atom stereocenters. The molecule has 0 amide bonds. The fraction of sp³-hybridized carbons (Fsp3) is 0.667. The molecular weight excluding hydrogens is 152 g/mol. The molecule has 3 N–H and O–H groups in total. The van der Waals surface area contributed by atoms with Gasteiger partial charge in [0, 0.05) is 10.7 Å². The highest BCUT2D eigenvalue weighted by molar-refractivity contribution is 8.03. The molecule has 0 aromatic rings. The number of aliphatic hydroxyl groups is 3. The quantitative estimate of drug-likeness (QED) is 0.516. The van der Waals surface area contributed by atoms with Crippen LogP contribution < -0.4 is 0 Å². The van der Waals surface area contributed by atoms with Crippen LogP contribution in [0.15, 0.2) is 11.0 Å². The topological polar surface area (TPSA) is 60.7 Å². The summed E-state index contributed by atoms with van der Waals surface area (Å²) in [7, 11) is 0. The zero-order valence-electron chi connectivity index (χ0n) is 5.66. The van der Waals surface area contributed by atoms with E-state index in [1.165, 1.54) is 17.8 Å². The average Bonchev–Trinajstić information content (AvgIpc) is 1.98. The van der Waals surface area contributed by atoms with E-state index < -0.39 is 0 Å². The first-order valence-corrected chi connectivity index (χ1v) is 3.98. The summed E-state index contributed by atoms with van der Waals surface area (Å²) < 4.78 is 0. The van der Waals surface area contributed by atoms with Crippen LogP contribution in [0.25, 0.3) is 0 Å². The predicted octanol–water partition coefficient (Wildman–Crippen LogP) is -0.420. The van der Waals surface area contributed by atoms with Gasteiger partial charge in [0.15, 0.2) is 0 Å².